The summed E-state index contributed by atoms with van der Waals surface area (Å²) in [5.74, 6) is 0.927. The third kappa shape index (κ3) is 2.52. The molecule has 0 bridgehead atoms. The van der Waals surface area contributed by atoms with Crippen LogP contribution >= 0.6 is 0 Å². The molecule has 0 spiro atoms. The van der Waals surface area contributed by atoms with Gasteiger partial charge in [0.05, 0.1) is 5.92 Å². The van der Waals surface area contributed by atoms with Crippen LogP contribution in [0.3, 0.4) is 0 Å². The van der Waals surface area contributed by atoms with Gasteiger partial charge in [0.25, 0.3) is 14.3 Å². The topological polar surface area (TPSA) is 27.7 Å². The van der Waals surface area contributed by atoms with E-state index in [1.807, 2.05) is 6.07 Å². The van der Waals surface area contributed by atoms with Crippen molar-refractivity contribution in [3.05, 3.63) is 47.4 Å². The van der Waals surface area contributed by atoms with Gasteiger partial charge in [0.1, 0.15) is 5.60 Å². The lowest BCUT2D eigenvalue weighted by molar-refractivity contribution is -0.322. The highest BCUT2D eigenvalue weighted by atomic mass is 28.4. The fourth-order valence-electron chi connectivity index (χ4n) is 3.11. The zero-order chi connectivity index (χ0) is 17.0. The van der Waals surface area contributed by atoms with Gasteiger partial charge in [0.15, 0.2) is 0 Å². The van der Waals surface area contributed by atoms with Crippen LogP contribution in [0.25, 0.3) is 0 Å². The van der Waals surface area contributed by atoms with Gasteiger partial charge in [-0.15, -0.1) is 0 Å². The molecule has 4 heteroatoms. The van der Waals surface area contributed by atoms with Gasteiger partial charge in [-0.1, -0.05) is 51.1 Å². The van der Waals surface area contributed by atoms with Gasteiger partial charge in [-0.2, -0.15) is 0 Å². The van der Waals surface area contributed by atoms with Crippen LogP contribution in [0.2, 0.25) is 18.1 Å². The van der Waals surface area contributed by atoms with Crippen molar-refractivity contribution < 1.29 is 13.9 Å². The number of hydrogen-bond donors (Lipinski definition) is 0. The maximum Gasteiger partial charge on any atom is 0.267 e. The molecule has 1 saturated heterocycles. The van der Waals surface area contributed by atoms with Crippen LogP contribution in [-0.2, 0) is 19.5 Å². The highest BCUT2D eigenvalue weighted by Gasteiger charge is 2.60. The quantitative estimate of drug-likeness (QED) is 0.716. The second-order valence-electron chi connectivity index (χ2n) is 8.39. The van der Waals surface area contributed by atoms with E-state index in [9.17, 15) is 0 Å². The van der Waals surface area contributed by atoms with Crippen LogP contribution in [0.15, 0.2) is 41.9 Å². The SMILES string of the molecule is CC1=C(O[Si](C)(C)C(C)(C)C)O[C@H]2O[C@](C)(c3ccccc3)[C@@H]12. The Bertz CT molecular complexity index is 630. The van der Waals surface area contributed by atoms with Gasteiger partial charge in [0, 0.05) is 5.57 Å². The second-order valence-corrected chi connectivity index (χ2v) is 13.1. The minimum Gasteiger partial charge on any atom is -0.519 e. The summed E-state index contributed by atoms with van der Waals surface area (Å²) in [7, 11) is -1.91. The summed E-state index contributed by atoms with van der Waals surface area (Å²) in [5.41, 5.74) is 2.05. The molecule has 126 valence electrons. The monoisotopic (exact) mass is 332 g/mol. The molecule has 1 aromatic rings. The van der Waals surface area contributed by atoms with Crippen molar-refractivity contribution >= 4 is 8.32 Å². The lowest BCUT2D eigenvalue weighted by Gasteiger charge is -2.49. The van der Waals surface area contributed by atoms with E-state index in [1.54, 1.807) is 0 Å². The van der Waals surface area contributed by atoms with E-state index in [4.69, 9.17) is 13.9 Å². The third-order valence-electron chi connectivity index (χ3n) is 5.74. The van der Waals surface area contributed by atoms with Crippen LogP contribution in [0.1, 0.15) is 40.2 Å². The zero-order valence-corrected chi connectivity index (χ0v) is 16.3. The molecule has 2 heterocycles. The van der Waals surface area contributed by atoms with E-state index < -0.39 is 8.32 Å². The Morgan fingerprint density at radius 2 is 1.74 bits per heavy atom. The van der Waals surface area contributed by atoms with Crippen LogP contribution in [0, 0.1) is 5.92 Å². The summed E-state index contributed by atoms with van der Waals surface area (Å²) in [5, 5.41) is 0.148. The number of fused-ring (bicyclic) bond motifs is 1. The van der Waals surface area contributed by atoms with Gasteiger partial charge in [-0.3, -0.25) is 0 Å². The van der Waals surface area contributed by atoms with Crippen molar-refractivity contribution in [1.29, 1.82) is 0 Å². The molecule has 0 saturated carbocycles. The smallest absolute Gasteiger partial charge is 0.267 e. The van der Waals surface area contributed by atoms with Crippen molar-refractivity contribution in [2.75, 3.05) is 0 Å². The standard InChI is InChI=1S/C19H28O3Si/c1-13-15-17(20-16(13)22-23(6,7)18(2,3)4)21-19(15,5)14-11-9-8-10-12-14/h8-12,15,17H,1-7H3/t15-,17-,19+/m0/s1. The Hall–Kier alpha value is -1.26. The van der Waals surface area contributed by atoms with E-state index in [0.717, 1.165) is 0 Å². The molecule has 0 N–H and O–H groups in total. The minimum atomic E-state index is -1.91. The number of ether oxygens (including phenoxy) is 2. The first-order valence-corrected chi connectivity index (χ1v) is 11.3. The molecule has 0 amide bonds. The Balaban J connectivity index is 1.86. The molecule has 0 unspecified atom stereocenters. The molecule has 3 rings (SSSR count). The number of hydrogen-bond acceptors (Lipinski definition) is 3. The lowest BCUT2D eigenvalue weighted by Crippen LogP contribution is -2.54. The third-order valence-corrected chi connectivity index (χ3v) is 10.0. The number of rotatable bonds is 3. The zero-order valence-electron chi connectivity index (χ0n) is 15.3. The average molecular weight is 333 g/mol. The fourth-order valence-corrected chi connectivity index (χ4v) is 4.09. The Morgan fingerprint density at radius 1 is 1.13 bits per heavy atom. The fraction of sp³-hybridized carbons (Fsp3) is 0.579. The molecule has 3 nitrogen and oxygen atoms in total. The summed E-state index contributed by atoms with van der Waals surface area (Å²) in [6.07, 6.45) is -0.208. The van der Waals surface area contributed by atoms with Crippen molar-refractivity contribution in [1.82, 2.24) is 0 Å². The van der Waals surface area contributed by atoms with Gasteiger partial charge in [0.2, 0.25) is 6.29 Å². The summed E-state index contributed by atoms with van der Waals surface area (Å²) >= 11 is 0. The van der Waals surface area contributed by atoms with E-state index >= 15 is 0 Å². The molecule has 1 aromatic carbocycles. The van der Waals surface area contributed by atoms with E-state index in [0.29, 0.717) is 5.95 Å². The van der Waals surface area contributed by atoms with Gasteiger partial charge in [-0.05, 0) is 37.5 Å². The second kappa shape index (κ2) is 5.12. The van der Waals surface area contributed by atoms with Crippen LogP contribution in [-0.4, -0.2) is 14.6 Å². The Kier molecular flexibility index (Phi) is 3.69. The molecule has 2 aliphatic rings. The average Bonchev–Trinajstić information content (AvgIpc) is 2.69. The number of benzene rings is 1. The van der Waals surface area contributed by atoms with Gasteiger partial charge >= 0.3 is 0 Å². The Labute approximate surface area is 140 Å². The summed E-state index contributed by atoms with van der Waals surface area (Å²) < 4.78 is 18.5. The highest BCUT2D eigenvalue weighted by molar-refractivity contribution is 6.74. The predicted octanol–water partition coefficient (Wildman–Crippen LogP) is 5.16. The van der Waals surface area contributed by atoms with Crippen molar-refractivity contribution in [3.63, 3.8) is 0 Å². The molecule has 0 radical (unpaired) electrons. The lowest BCUT2D eigenvalue weighted by atomic mass is 9.74. The minimum absolute atomic E-state index is 0.148. The molecule has 23 heavy (non-hydrogen) atoms. The maximum absolute atomic E-state index is 6.40. The molecule has 1 fully saturated rings. The van der Waals surface area contributed by atoms with Crippen LogP contribution < -0.4 is 0 Å². The van der Waals surface area contributed by atoms with Crippen LogP contribution in [0.5, 0.6) is 0 Å². The predicted molar refractivity (Wildman–Crippen MR) is 94.2 cm³/mol. The van der Waals surface area contributed by atoms with Crippen molar-refractivity contribution in [3.8, 4) is 0 Å². The van der Waals surface area contributed by atoms with Crippen molar-refractivity contribution in [2.24, 2.45) is 5.92 Å². The first-order valence-electron chi connectivity index (χ1n) is 8.36. The van der Waals surface area contributed by atoms with Gasteiger partial charge < -0.3 is 13.9 Å². The van der Waals surface area contributed by atoms with Crippen molar-refractivity contribution in [2.45, 2.75) is 64.6 Å². The normalized spacial score (nSPS) is 30.6. The maximum atomic E-state index is 6.40. The molecule has 0 aromatic heterocycles. The largest absolute Gasteiger partial charge is 0.519 e. The van der Waals surface area contributed by atoms with Gasteiger partial charge in [-0.25, -0.2) is 0 Å². The summed E-state index contributed by atoms with van der Waals surface area (Å²) in [6, 6.07) is 10.4. The first-order chi connectivity index (χ1) is 10.6. The summed E-state index contributed by atoms with van der Waals surface area (Å²) in [4.78, 5) is 0. The van der Waals surface area contributed by atoms with E-state index in [2.05, 4.69) is 72.0 Å². The molecular formula is C19H28O3Si. The molecule has 3 atom stereocenters. The summed E-state index contributed by atoms with van der Waals surface area (Å²) in [6.45, 7) is 15.5. The van der Waals surface area contributed by atoms with E-state index in [-0.39, 0.29) is 22.8 Å². The van der Waals surface area contributed by atoms with E-state index in [1.165, 1.54) is 11.1 Å². The molecular weight excluding hydrogens is 304 g/mol. The molecule has 2 aliphatic heterocycles. The highest BCUT2D eigenvalue weighted by Crippen LogP contribution is 2.56. The first kappa shape index (κ1) is 16.6. The Morgan fingerprint density at radius 3 is 2.30 bits per heavy atom. The molecule has 0 aliphatic carbocycles. The van der Waals surface area contributed by atoms with Crippen LogP contribution in [0.4, 0.5) is 0 Å².